The molecule has 0 radical (unpaired) electrons. The van der Waals surface area contributed by atoms with Crippen molar-refractivity contribution >= 4 is 23.7 Å². The van der Waals surface area contributed by atoms with E-state index in [4.69, 9.17) is 5.73 Å². The molecule has 1 saturated heterocycles. The Balaban J connectivity index is 2.80. The van der Waals surface area contributed by atoms with Gasteiger partial charge in [0, 0.05) is 0 Å². The molecule has 4 unspecified atom stereocenters. The van der Waals surface area contributed by atoms with Crippen molar-refractivity contribution in [1.82, 2.24) is 21.3 Å². The fraction of sp³-hybridized carbons (Fsp3) is 0.810. The molecule has 1 fully saturated rings. The zero-order chi connectivity index (χ0) is 23.6. The van der Waals surface area contributed by atoms with E-state index in [0.717, 1.165) is 19.4 Å². The molecule has 0 aromatic heterocycles. The minimum Gasteiger partial charge on any atom is -0.480 e. The van der Waals surface area contributed by atoms with Crippen molar-refractivity contribution in [2.45, 2.75) is 84.0 Å². The number of nitrogens with one attached hydrogen (secondary N) is 4. The van der Waals surface area contributed by atoms with E-state index < -0.39 is 35.9 Å². The van der Waals surface area contributed by atoms with Crippen LogP contribution in [0.3, 0.4) is 0 Å². The Bertz CT molecular complexity index is 619. The first-order valence-electron chi connectivity index (χ1n) is 11.2. The molecule has 0 aromatic carbocycles. The molecule has 0 spiro atoms. The summed E-state index contributed by atoms with van der Waals surface area (Å²) < 4.78 is 0. The van der Waals surface area contributed by atoms with Gasteiger partial charge >= 0.3 is 5.97 Å². The van der Waals surface area contributed by atoms with Gasteiger partial charge in [0.25, 0.3) is 0 Å². The van der Waals surface area contributed by atoms with Gasteiger partial charge in [-0.1, -0.05) is 27.7 Å². The van der Waals surface area contributed by atoms with Crippen LogP contribution in [0.1, 0.15) is 59.8 Å². The van der Waals surface area contributed by atoms with Crippen molar-refractivity contribution in [3.8, 4) is 0 Å². The Morgan fingerprint density at radius 3 is 2.03 bits per heavy atom. The van der Waals surface area contributed by atoms with E-state index >= 15 is 0 Å². The summed E-state index contributed by atoms with van der Waals surface area (Å²) in [6, 6.07) is -3.09. The normalized spacial score (nSPS) is 19.0. The smallest absolute Gasteiger partial charge is 0.326 e. The van der Waals surface area contributed by atoms with Crippen LogP contribution in [0.5, 0.6) is 0 Å². The van der Waals surface area contributed by atoms with E-state index in [9.17, 15) is 24.3 Å². The lowest BCUT2D eigenvalue weighted by Crippen LogP contribution is -2.59. The molecular weight excluding hydrogens is 402 g/mol. The summed E-state index contributed by atoms with van der Waals surface area (Å²) in [6.07, 6.45) is 3.12. The van der Waals surface area contributed by atoms with Gasteiger partial charge in [-0.25, -0.2) is 4.79 Å². The second-order valence-corrected chi connectivity index (χ2v) is 8.79. The first kappa shape index (κ1) is 26.8. The number of nitrogens with two attached hydrogens (primary N) is 1. The second kappa shape index (κ2) is 13.3. The molecule has 178 valence electrons. The maximum Gasteiger partial charge on any atom is 0.326 e. The Morgan fingerprint density at radius 1 is 0.968 bits per heavy atom. The Hall–Kier alpha value is -2.20. The first-order valence-corrected chi connectivity index (χ1v) is 11.2. The van der Waals surface area contributed by atoms with E-state index in [0.29, 0.717) is 19.4 Å². The molecule has 0 aliphatic carbocycles. The van der Waals surface area contributed by atoms with E-state index in [1.165, 1.54) is 0 Å². The highest BCUT2D eigenvalue weighted by Gasteiger charge is 2.33. The second-order valence-electron chi connectivity index (χ2n) is 8.79. The van der Waals surface area contributed by atoms with Crippen LogP contribution in [0.4, 0.5) is 0 Å². The van der Waals surface area contributed by atoms with Gasteiger partial charge in [-0.2, -0.15) is 0 Å². The van der Waals surface area contributed by atoms with Crippen molar-refractivity contribution in [2.75, 3.05) is 13.1 Å². The maximum absolute atomic E-state index is 12.9. The molecule has 4 atom stereocenters. The fourth-order valence-corrected chi connectivity index (χ4v) is 3.49. The van der Waals surface area contributed by atoms with Crippen molar-refractivity contribution in [1.29, 1.82) is 0 Å². The average Bonchev–Trinajstić information content (AvgIpc) is 3.23. The number of hydrogen-bond donors (Lipinski definition) is 6. The van der Waals surface area contributed by atoms with Crippen LogP contribution in [-0.2, 0) is 19.2 Å². The predicted octanol–water partition coefficient (Wildman–Crippen LogP) is -0.282. The predicted molar refractivity (Wildman–Crippen MR) is 117 cm³/mol. The summed E-state index contributed by atoms with van der Waals surface area (Å²) in [5, 5.41) is 20.5. The molecule has 1 aliphatic rings. The standard InChI is InChI=1S/C21H39N5O5/c1-12(2)16(19(28)24-15(21(30)31)8-5-6-10-22)26-20(29)17(13(3)4)25-18(27)14-9-7-11-23-14/h12-17,23H,5-11,22H2,1-4H3,(H,24,28)(H,25,27)(H,26,29)(H,30,31). The third-order valence-corrected chi connectivity index (χ3v) is 5.43. The third kappa shape index (κ3) is 8.82. The molecular formula is C21H39N5O5. The lowest BCUT2D eigenvalue weighted by Gasteiger charge is -2.28. The van der Waals surface area contributed by atoms with E-state index in [2.05, 4.69) is 21.3 Å². The highest BCUT2D eigenvalue weighted by Crippen LogP contribution is 2.10. The highest BCUT2D eigenvalue weighted by atomic mass is 16.4. The molecule has 7 N–H and O–H groups in total. The molecule has 10 heteroatoms. The van der Waals surface area contributed by atoms with Gasteiger partial charge in [-0.15, -0.1) is 0 Å². The van der Waals surface area contributed by atoms with Gasteiger partial charge in [-0.05, 0) is 57.0 Å². The molecule has 1 heterocycles. The summed E-state index contributed by atoms with van der Waals surface area (Å²) in [4.78, 5) is 49.7. The number of amides is 3. The van der Waals surface area contributed by atoms with Gasteiger partial charge < -0.3 is 32.1 Å². The Labute approximate surface area is 184 Å². The quantitative estimate of drug-likeness (QED) is 0.214. The van der Waals surface area contributed by atoms with Crippen molar-refractivity contribution < 1.29 is 24.3 Å². The molecule has 31 heavy (non-hydrogen) atoms. The van der Waals surface area contributed by atoms with Crippen LogP contribution in [0.15, 0.2) is 0 Å². The molecule has 0 bridgehead atoms. The monoisotopic (exact) mass is 441 g/mol. The van der Waals surface area contributed by atoms with Crippen LogP contribution in [-0.4, -0.2) is 66.1 Å². The minimum absolute atomic E-state index is 0.191. The molecule has 10 nitrogen and oxygen atoms in total. The molecule has 3 amide bonds. The number of rotatable bonds is 13. The lowest BCUT2D eigenvalue weighted by atomic mass is 9.98. The van der Waals surface area contributed by atoms with Gasteiger partial charge in [0.05, 0.1) is 6.04 Å². The largest absolute Gasteiger partial charge is 0.480 e. The first-order chi connectivity index (χ1) is 14.6. The molecule has 1 rings (SSSR count). The summed E-state index contributed by atoms with van der Waals surface area (Å²) >= 11 is 0. The lowest BCUT2D eigenvalue weighted by molar-refractivity contribution is -0.143. The average molecular weight is 442 g/mol. The number of hydrogen-bond acceptors (Lipinski definition) is 6. The van der Waals surface area contributed by atoms with Gasteiger partial charge in [-0.3, -0.25) is 14.4 Å². The van der Waals surface area contributed by atoms with Crippen LogP contribution in [0, 0.1) is 11.8 Å². The van der Waals surface area contributed by atoms with Gasteiger partial charge in [0.1, 0.15) is 18.1 Å². The van der Waals surface area contributed by atoms with Crippen LogP contribution < -0.4 is 27.0 Å². The highest BCUT2D eigenvalue weighted by molar-refractivity contribution is 5.94. The maximum atomic E-state index is 12.9. The topological polar surface area (TPSA) is 163 Å². The summed E-state index contributed by atoms with van der Waals surface area (Å²) in [5.41, 5.74) is 5.45. The number of carbonyl (C=O) groups is 4. The molecule has 0 saturated carbocycles. The molecule has 0 aromatic rings. The Morgan fingerprint density at radius 2 is 1.55 bits per heavy atom. The summed E-state index contributed by atoms with van der Waals surface area (Å²) in [6.45, 7) is 8.37. The third-order valence-electron chi connectivity index (χ3n) is 5.43. The van der Waals surface area contributed by atoms with E-state index in [1.54, 1.807) is 13.8 Å². The van der Waals surface area contributed by atoms with Gasteiger partial charge in [0.2, 0.25) is 17.7 Å². The molecule has 1 aliphatic heterocycles. The van der Waals surface area contributed by atoms with E-state index in [1.807, 2.05) is 13.8 Å². The number of unbranched alkanes of at least 4 members (excludes halogenated alkanes) is 1. The minimum atomic E-state index is -1.13. The number of carboxylic acid groups (broad SMARTS) is 1. The zero-order valence-electron chi connectivity index (χ0n) is 19.1. The van der Waals surface area contributed by atoms with Crippen LogP contribution in [0.25, 0.3) is 0 Å². The van der Waals surface area contributed by atoms with Crippen molar-refractivity contribution in [2.24, 2.45) is 17.6 Å². The summed E-state index contributed by atoms with van der Waals surface area (Å²) in [7, 11) is 0. The summed E-state index contributed by atoms with van der Waals surface area (Å²) in [5.74, 6) is -2.86. The van der Waals surface area contributed by atoms with Crippen LogP contribution >= 0.6 is 0 Å². The Kier molecular flexibility index (Phi) is 11.5. The number of carboxylic acids is 1. The van der Waals surface area contributed by atoms with E-state index in [-0.39, 0.29) is 30.2 Å². The zero-order valence-corrected chi connectivity index (χ0v) is 19.1. The van der Waals surface area contributed by atoms with Crippen molar-refractivity contribution in [3.05, 3.63) is 0 Å². The number of carbonyl (C=O) groups excluding carboxylic acids is 3. The van der Waals surface area contributed by atoms with Crippen molar-refractivity contribution in [3.63, 3.8) is 0 Å². The SMILES string of the molecule is CC(C)C(NC(=O)C1CCCN1)C(=O)NC(C(=O)NC(CCCCN)C(=O)O)C(C)C. The van der Waals surface area contributed by atoms with Crippen LogP contribution in [0.2, 0.25) is 0 Å². The fourth-order valence-electron chi connectivity index (χ4n) is 3.49. The number of aliphatic carboxylic acids is 1. The van der Waals surface area contributed by atoms with Gasteiger partial charge in [0.15, 0.2) is 0 Å².